The van der Waals surface area contributed by atoms with Crippen LogP contribution in [-0.2, 0) is 0 Å². The van der Waals surface area contributed by atoms with Crippen LogP contribution >= 0.6 is 0 Å². The van der Waals surface area contributed by atoms with Crippen molar-refractivity contribution in [2.75, 3.05) is 32.7 Å². The minimum absolute atomic E-state index is 0.647. The van der Waals surface area contributed by atoms with E-state index in [0.29, 0.717) is 6.04 Å². The topological polar surface area (TPSA) is 6.48 Å². The van der Waals surface area contributed by atoms with Gasteiger partial charge in [0.05, 0.1) is 0 Å². The summed E-state index contributed by atoms with van der Waals surface area (Å²) in [6.07, 6.45) is 0. The molecular formula is C13H18N2. The molecule has 0 aliphatic carbocycles. The number of hydrogen-bond donors (Lipinski definition) is 0. The Morgan fingerprint density at radius 1 is 1.07 bits per heavy atom. The Labute approximate surface area is 91.5 Å². The predicted octanol–water partition coefficient (Wildman–Crippen LogP) is 1.67. The lowest BCUT2D eigenvalue weighted by atomic mass is 9.96. The first-order chi connectivity index (χ1) is 7.34. The van der Waals surface area contributed by atoms with Crippen LogP contribution in [0.3, 0.4) is 0 Å². The van der Waals surface area contributed by atoms with Gasteiger partial charge < -0.3 is 0 Å². The summed E-state index contributed by atoms with van der Waals surface area (Å²) in [5.41, 5.74) is 2.97. The van der Waals surface area contributed by atoms with Gasteiger partial charge in [0.15, 0.2) is 0 Å². The van der Waals surface area contributed by atoms with Crippen LogP contribution in [0.2, 0.25) is 0 Å². The highest BCUT2D eigenvalue weighted by molar-refractivity contribution is 5.29. The molecule has 15 heavy (non-hydrogen) atoms. The Bertz CT molecular complexity index is 353. The van der Waals surface area contributed by atoms with E-state index in [1.165, 1.54) is 43.9 Å². The first-order valence-corrected chi connectivity index (χ1v) is 5.86. The molecule has 3 aliphatic heterocycles. The fourth-order valence-electron chi connectivity index (χ4n) is 2.87. The molecule has 3 fully saturated rings. The number of benzene rings is 1. The first kappa shape index (κ1) is 9.37. The smallest absolute Gasteiger partial charge is 0.0478 e. The molecule has 3 heterocycles. The summed E-state index contributed by atoms with van der Waals surface area (Å²) in [5.74, 6) is 0. The molecule has 2 heteroatoms. The standard InChI is InChI=1S/C13H18N2/c1-11-4-2-3-5-12(11)13-10-14-6-8-15(13)9-7-14/h2-5,13H,6-10H2,1H3. The second kappa shape index (κ2) is 3.62. The van der Waals surface area contributed by atoms with Crippen molar-refractivity contribution in [3.63, 3.8) is 0 Å². The van der Waals surface area contributed by atoms with Crippen LogP contribution in [0.4, 0.5) is 0 Å². The molecule has 1 aromatic carbocycles. The number of fused-ring (bicyclic) bond motifs is 3. The highest BCUT2D eigenvalue weighted by atomic mass is 15.3. The van der Waals surface area contributed by atoms with Gasteiger partial charge in [0.1, 0.15) is 0 Å². The molecule has 2 bridgehead atoms. The summed E-state index contributed by atoms with van der Waals surface area (Å²) in [4.78, 5) is 5.24. The molecule has 0 N–H and O–H groups in total. The van der Waals surface area contributed by atoms with Gasteiger partial charge in [-0.2, -0.15) is 0 Å². The second-order valence-electron chi connectivity index (χ2n) is 4.71. The number of nitrogens with zero attached hydrogens (tertiary/aromatic N) is 2. The second-order valence-corrected chi connectivity index (χ2v) is 4.71. The van der Waals surface area contributed by atoms with Gasteiger partial charge in [-0.3, -0.25) is 9.80 Å². The zero-order valence-corrected chi connectivity index (χ0v) is 9.32. The van der Waals surface area contributed by atoms with E-state index in [-0.39, 0.29) is 0 Å². The van der Waals surface area contributed by atoms with Crippen LogP contribution < -0.4 is 0 Å². The molecule has 0 saturated carbocycles. The van der Waals surface area contributed by atoms with Gasteiger partial charge in [0.25, 0.3) is 0 Å². The zero-order chi connectivity index (χ0) is 10.3. The lowest BCUT2D eigenvalue weighted by Gasteiger charge is -2.48. The lowest BCUT2D eigenvalue weighted by Crippen LogP contribution is -2.56. The van der Waals surface area contributed by atoms with Gasteiger partial charge in [-0.15, -0.1) is 0 Å². The summed E-state index contributed by atoms with van der Waals surface area (Å²) >= 11 is 0. The largest absolute Gasteiger partial charge is 0.299 e. The van der Waals surface area contributed by atoms with Gasteiger partial charge in [-0.25, -0.2) is 0 Å². The molecule has 0 radical (unpaired) electrons. The molecule has 3 aliphatic rings. The Morgan fingerprint density at radius 2 is 1.80 bits per heavy atom. The summed E-state index contributed by atoms with van der Waals surface area (Å²) in [7, 11) is 0. The van der Waals surface area contributed by atoms with Crippen LogP contribution in [0.25, 0.3) is 0 Å². The monoisotopic (exact) mass is 202 g/mol. The SMILES string of the molecule is Cc1ccccc1C1CN2CCN1CC2. The van der Waals surface area contributed by atoms with Crippen molar-refractivity contribution in [1.82, 2.24) is 9.80 Å². The van der Waals surface area contributed by atoms with Crippen LogP contribution in [-0.4, -0.2) is 42.5 Å². The molecule has 1 aromatic rings. The average Bonchev–Trinajstić information content (AvgIpc) is 2.31. The quantitative estimate of drug-likeness (QED) is 0.683. The third kappa shape index (κ3) is 1.58. The van der Waals surface area contributed by atoms with E-state index in [9.17, 15) is 0 Å². The summed E-state index contributed by atoms with van der Waals surface area (Å²) in [5, 5.41) is 0. The summed E-state index contributed by atoms with van der Waals surface area (Å²) < 4.78 is 0. The average molecular weight is 202 g/mol. The van der Waals surface area contributed by atoms with Gasteiger partial charge in [0, 0.05) is 38.8 Å². The van der Waals surface area contributed by atoms with Crippen molar-refractivity contribution >= 4 is 0 Å². The first-order valence-electron chi connectivity index (χ1n) is 5.86. The van der Waals surface area contributed by atoms with Crippen LogP contribution in [0.5, 0.6) is 0 Å². The Hall–Kier alpha value is -0.860. The molecule has 1 unspecified atom stereocenters. The summed E-state index contributed by atoms with van der Waals surface area (Å²) in [6, 6.07) is 9.47. The van der Waals surface area contributed by atoms with Crippen LogP contribution in [0.1, 0.15) is 17.2 Å². The third-order valence-corrected chi connectivity index (χ3v) is 3.83. The van der Waals surface area contributed by atoms with Crippen molar-refractivity contribution in [3.8, 4) is 0 Å². The van der Waals surface area contributed by atoms with Crippen molar-refractivity contribution in [3.05, 3.63) is 35.4 Å². The van der Waals surface area contributed by atoms with E-state index in [1.807, 2.05) is 0 Å². The third-order valence-electron chi connectivity index (χ3n) is 3.83. The maximum atomic E-state index is 2.64. The fourth-order valence-corrected chi connectivity index (χ4v) is 2.87. The maximum Gasteiger partial charge on any atom is 0.0478 e. The van der Waals surface area contributed by atoms with E-state index < -0.39 is 0 Å². The maximum absolute atomic E-state index is 2.64. The molecule has 80 valence electrons. The highest BCUT2D eigenvalue weighted by Gasteiger charge is 2.33. The lowest BCUT2D eigenvalue weighted by molar-refractivity contribution is 0.0121. The Balaban J connectivity index is 1.91. The molecule has 0 spiro atoms. The molecule has 0 aromatic heterocycles. The zero-order valence-electron chi connectivity index (χ0n) is 9.32. The van der Waals surface area contributed by atoms with E-state index in [4.69, 9.17) is 0 Å². The van der Waals surface area contributed by atoms with Crippen molar-refractivity contribution in [2.24, 2.45) is 0 Å². The normalized spacial score (nSPS) is 34.3. The predicted molar refractivity (Wildman–Crippen MR) is 61.9 cm³/mol. The van der Waals surface area contributed by atoms with Crippen LogP contribution in [0, 0.1) is 6.92 Å². The fraction of sp³-hybridized carbons (Fsp3) is 0.538. The molecular weight excluding hydrogens is 184 g/mol. The number of rotatable bonds is 1. The van der Waals surface area contributed by atoms with Crippen molar-refractivity contribution in [1.29, 1.82) is 0 Å². The van der Waals surface area contributed by atoms with Crippen LogP contribution in [0.15, 0.2) is 24.3 Å². The van der Waals surface area contributed by atoms with E-state index in [0.717, 1.165) is 0 Å². The minimum Gasteiger partial charge on any atom is -0.299 e. The Kier molecular flexibility index (Phi) is 2.26. The molecule has 3 saturated heterocycles. The number of hydrogen-bond acceptors (Lipinski definition) is 2. The molecule has 4 rings (SSSR count). The van der Waals surface area contributed by atoms with Crippen molar-refractivity contribution < 1.29 is 0 Å². The highest BCUT2D eigenvalue weighted by Crippen LogP contribution is 2.30. The number of piperazine rings is 3. The Morgan fingerprint density at radius 3 is 2.40 bits per heavy atom. The van der Waals surface area contributed by atoms with E-state index >= 15 is 0 Å². The van der Waals surface area contributed by atoms with Gasteiger partial charge >= 0.3 is 0 Å². The minimum atomic E-state index is 0.647. The molecule has 2 nitrogen and oxygen atoms in total. The molecule has 0 amide bonds. The van der Waals surface area contributed by atoms with Gasteiger partial charge in [-0.1, -0.05) is 24.3 Å². The van der Waals surface area contributed by atoms with Gasteiger partial charge in [-0.05, 0) is 18.1 Å². The summed E-state index contributed by atoms with van der Waals surface area (Å²) in [6.45, 7) is 8.49. The van der Waals surface area contributed by atoms with E-state index in [1.54, 1.807) is 0 Å². The van der Waals surface area contributed by atoms with Crippen molar-refractivity contribution in [2.45, 2.75) is 13.0 Å². The van der Waals surface area contributed by atoms with E-state index in [2.05, 4.69) is 41.0 Å². The molecule has 1 atom stereocenters. The number of aryl methyl sites for hydroxylation is 1. The van der Waals surface area contributed by atoms with Gasteiger partial charge in [0.2, 0.25) is 0 Å².